The third kappa shape index (κ3) is 8.65. The zero-order chi connectivity index (χ0) is 20.9. The van der Waals surface area contributed by atoms with Gasteiger partial charge in [-0.05, 0) is 27.2 Å². The van der Waals surface area contributed by atoms with Gasteiger partial charge in [0.2, 0.25) is 0 Å². The quantitative estimate of drug-likeness (QED) is 0.348. The van der Waals surface area contributed by atoms with Crippen LogP contribution < -0.4 is 10.6 Å². The molecule has 29 heavy (non-hydrogen) atoms. The summed E-state index contributed by atoms with van der Waals surface area (Å²) in [6.45, 7) is 14.5. The van der Waals surface area contributed by atoms with Gasteiger partial charge in [-0.3, -0.25) is 4.99 Å². The van der Waals surface area contributed by atoms with Crippen molar-refractivity contribution in [1.29, 1.82) is 0 Å². The second-order valence-corrected chi connectivity index (χ2v) is 10.1. The summed E-state index contributed by atoms with van der Waals surface area (Å²) < 4.78 is 5.34. The fraction of sp³-hybridized carbons (Fsp3) is 0.750. The molecule has 0 saturated carbocycles. The highest BCUT2D eigenvalue weighted by Crippen LogP contribution is 2.24. The molecule has 2 N–H and O–H groups in total. The number of rotatable bonds is 4. The second kappa shape index (κ2) is 10.8. The van der Waals surface area contributed by atoms with Crippen LogP contribution in [0.2, 0.25) is 0 Å². The number of hydrogen-bond donors (Lipinski definition) is 2. The van der Waals surface area contributed by atoms with Crippen LogP contribution in [0.5, 0.6) is 0 Å². The van der Waals surface area contributed by atoms with Crippen molar-refractivity contribution in [3.63, 3.8) is 0 Å². The minimum absolute atomic E-state index is 0. The molecule has 1 unspecified atom stereocenters. The van der Waals surface area contributed by atoms with Gasteiger partial charge >= 0.3 is 6.09 Å². The first-order valence-electron chi connectivity index (χ1n) is 9.88. The predicted molar refractivity (Wildman–Crippen MR) is 131 cm³/mol. The van der Waals surface area contributed by atoms with Crippen LogP contribution in [0.1, 0.15) is 58.7 Å². The topological polar surface area (TPSA) is 78.9 Å². The van der Waals surface area contributed by atoms with Gasteiger partial charge in [-0.2, -0.15) is 0 Å². The maximum absolute atomic E-state index is 12.0. The van der Waals surface area contributed by atoms with Crippen LogP contribution in [-0.2, 0) is 16.6 Å². The Kier molecular flexibility index (Phi) is 9.65. The second-order valence-electron chi connectivity index (χ2n) is 9.18. The summed E-state index contributed by atoms with van der Waals surface area (Å²) in [5.41, 5.74) is 0.750. The lowest BCUT2D eigenvalue weighted by molar-refractivity contribution is 0.0507. The van der Waals surface area contributed by atoms with E-state index in [1.807, 2.05) is 20.8 Å². The monoisotopic (exact) mass is 537 g/mol. The third-order valence-corrected chi connectivity index (χ3v) is 5.27. The molecule has 1 amide bonds. The standard InChI is InChI=1S/C20H35N5O2S.HI/c1-19(2,3)15-13-28-16(24-15)8-10-22-17(21-7)25-11-9-14(12-25)23-18(26)27-20(4,5)6;/h13-14H,8-12H2,1-7H3,(H,21,22)(H,23,26);1H. The van der Waals surface area contributed by atoms with Gasteiger partial charge in [0.25, 0.3) is 0 Å². The number of alkyl carbamates (subject to hydrolysis) is 1. The van der Waals surface area contributed by atoms with Gasteiger partial charge in [-0.25, -0.2) is 9.78 Å². The number of aliphatic imine (C=N–C) groups is 1. The van der Waals surface area contributed by atoms with E-state index >= 15 is 0 Å². The van der Waals surface area contributed by atoms with E-state index in [9.17, 15) is 4.79 Å². The molecule has 1 fully saturated rings. The number of halogens is 1. The summed E-state index contributed by atoms with van der Waals surface area (Å²) in [5, 5.41) is 9.66. The van der Waals surface area contributed by atoms with Crippen LogP contribution in [0, 0.1) is 0 Å². The van der Waals surface area contributed by atoms with Crippen LogP contribution in [0.15, 0.2) is 10.4 Å². The van der Waals surface area contributed by atoms with Crippen molar-refractivity contribution in [3.05, 3.63) is 16.1 Å². The average molecular weight is 538 g/mol. The molecule has 2 heterocycles. The van der Waals surface area contributed by atoms with Crippen molar-refractivity contribution < 1.29 is 9.53 Å². The maximum atomic E-state index is 12.0. The van der Waals surface area contributed by atoms with Crippen LogP contribution >= 0.6 is 35.3 Å². The molecule has 2 rings (SSSR count). The molecule has 1 aromatic heterocycles. The van der Waals surface area contributed by atoms with Gasteiger partial charge in [-0.1, -0.05) is 20.8 Å². The van der Waals surface area contributed by atoms with Crippen molar-refractivity contribution in [3.8, 4) is 0 Å². The number of ether oxygens (including phenoxy) is 1. The number of aromatic nitrogens is 1. The Hall–Kier alpha value is -1.10. The smallest absolute Gasteiger partial charge is 0.407 e. The number of nitrogens with one attached hydrogen (secondary N) is 2. The Bertz CT molecular complexity index is 694. The van der Waals surface area contributed by atoms with E-state index < -0.39 is 5.60 Å². The fourth-order valence-corrected chi connectivity index (χ4v) is 3.95. The minimum Gasteiger partial charge on any atom is -0.444 e. The molecular weight excluding hydrogens is 501 g/mol. The van der Waals surface area contributed by atoms with Gasteiger partial charge < -0.3 is 20.3 Å². The van der Waals surface area contributed by atoms with E-state index in [0.29, 0.717) is 0 Å². The number of nitrogens with zero attached hydrogens (tertiary/aromatic N) is 3. The molecule has 1 saturated heterocycles. The highest BCUT2D eigenvalue weighted by molar-refractivity contribution is 14.0. The molecule has 1 aromatic rings. The highest BCUT2D eigenvalue weighted by Gasteiger charge is 2.27. The number of carbonyl (C=O) groups is 1. The first-order chi connectivity index (χ1) is 13.0. The van der Waals surface area contributed by atoms with Crippen molar-refractivity contribution in [2.75, 3.05) is 26.7 Å². The van der Waals surface area contributed by atoms with E-state index in [-0.39, 0.29) is 41.5 Å². The van der Waals surface area contributed by atoms with Crippen molar-refractivity contribution in [2.24, 2.45) is 4.99 Å². The van der Waals surface area contributed by atoms with Gasteiger partial charge in [-0.15, -0.1) is 35.3 Å². The summed E-state index contributed by atoms with van der Waals surface area (Å²) in [6, 6.07) is 0.0710. The van der Waals surface area contributed by atoms with E-state index in [2.05, 4.69) is 46.7 Å². The van der Waals surface area contributed by atoms with Gasteiger partial charge in [0.05, 0.1) is 16.7 Å². The molecule has 0 aromatic carbocycles. The average Bonchev–Trinajstić information content (AvgIpc) is 3.18. The SMILES string of the molecule is CN=C(NCCc1nc(C(C)(C)C)cs1)N1CCC(NC(=O)OC(C)(C)C)C1.I. The summed E-state index contributed by atoms with van der Waals surface area (Å²) in [5.74, 6) is 0.862. The molecule has 166 valence electrons. The molecule has 7 nitrogen and oxygen atoms in total. The largest absolute Gasteiger partial charge is 0.444 e. The zero-order valence-electron chi connectivity index (χ0n) is 18.7. The Morgan fingerprint density at radius 2 is 2.03 bits per heavy atom. The first kappa shape index (κ1) is 25.9. The molecule has 1 atom stereocenters. The lowest BCUT2D eigenvalue weighted by Gasteiger charge is -2.23. The van der Waals surface area contributed by atoms with Crippen molar-refractivity contribution in [2.45, 2.75) is 71.4 Å². The number of thiazole rings is 1. The lowest BCUT2D eigenvalue weighted by Crippen LogP contribution is -2.44. The lowest BCUT2D eigenvalue weighted by atomic mass is 9.93. The van der Waals surface area contributed by atoms with Crippen LogP contribution in [0.4, 0.5) is 4.79 Å². The van der Waals surface area contributed by atoms with E-state index in [4.69, 9.17) is 9.72 Å². The summed E-state index contributed by atoms with van der Waals surface area (Å²) in [4.78, 5) is 23.3. The van der Waals surface area contributed by atoms with Crippen LogP contribution in [0.3, 0.4) is 0 Å². The van der Waals surface area contributed by atoms with Crippen molar-refractivity contribution >= 4 is 47.4 Å². The summed E-state index contributed by atoms with van der Waals surface area (Å²) in [7, 11) is 1.79. The van der Waals surface area contributed by atoms with Crippen LogP contribution in [0.25, 0.3) is 0 Å². The number of carbonyl (C=O) groups excluding carboxylic acids is 1. The minimum atomic E-state index is -0.483. The summed E-state index contributed by atoms with van der Waals surface area (Å²) in [6.07, 6.45) is 1.38. The molecule has 0 spiro atoms. The number of guanidine groups is 1. The Labute approximate surface area is 196 Å². The molecule has 0 radical (unpaired) electrons. The fourth-order valence-electron chi connectivity index (χ4n) is 2.93. The first-order valence-corrected chi connectivity index (χ1v) is 10.8. The molecule has 9 heteroatoms. The maximum Gasteiger partial charge on any atom is 0.407 e. The van der Waals surface area contributed by atoms with Gasteiger partial charge in [0.15, 0.2) is 5.96 Å². The van der Waals surface area contributed by atoms with Gasteiger partial charge in [0.1, 0.15) is 5.60 Å². The number of likely N-dealkylation sites (tertiary alicyclic amines) is 1. The molecular formula is C20H36IN5O2S. The normalized spacial score (nSPS) is 17.7. The Balaban J connectivity index is 0.00000420. The summed E-state index contributed by atoms with van der Waals surface area (Å²) >= 11 is 1.71. The van der Waals surface area contributed by atoms with Crippen LogP contribution in [-0.4, -0.2) is 60.3 Å². The highest BCUT2D eigenvalue weighted by atomic mass is 127. The Morgan fingerprint density at radius 1 is 1.34 bits per heavy atom. The van der Waals surface area contributed by atoms with E-state index in [1.54, 1.807) is 18.4 Å². The van der Waals surface area contributed by atoms with Crippen molar-refractivity contribution in [1.82, 2.24) is 20.5 Å². The number of hydrogen-bond acceptors (Lipinski definition) is 5. The molecule has 0 aliphatic carbocycles. The Morgan fingerprint density at radius 3 is 2.59 bits per heavy atom. The molecule has 0 bridgehead atoms. The predicted octanol–water partition coefficient (Wildman–Crippen LogP) is 3.78. The van der Waals surface area contributed by atoms with E-state index in [1.165, 1.54) is 0 Å². The van der Waals surface area contributed by atoms with E-state index in [0.717, 1.165) is 49.1 Å². The molecule has 1 aliphatic rings. The van der Waals surface area contributed by atoms with Gasteiger partial charge in [0, 0.05) is 43.9 Å². The number of amides is 1. The molecule has 1 aliphatic heterocycles. The third-order valence-electron chi connectivity index (χ3n) is 4.36. The zero-order valence-corrected chi connectivity index (χ0v) is 21.8.